The third kappa shape index (κ3) is 3.64. The molecule has 0 radical (unpaired) electrons. The zero-order valence-corrected chi connectivity index (χ0v) is 14.5. The van der Waals surface area contributed by atoms with Gasteiger partial charge in [-0.3, -0.25) is 14.0 Å². The van der Waals surface area contributed by atoms with Crippen molar-refractivity contribution in [2.75, 3.05) is 19.6 Å². The summed E-state index contributed by atoms with van der Waals surface area (Å²) >= 11 is 0. The third-order valence-electron chi connectivity index (χ3n) is 4.62. The average Bonchev–Trinajstić information content (AvgIpc) is 3.06. The van der Waals surface area contributed by atoms with Crippen LogP contribution in [0.2, 0.25) is 0 Å². The highest BCUT2D eigenvalue weighted by Crippen LogP contribution is 2.18. The predicted molar refractivity (Wildman–Crippen MR) is 95.5 cm³/mol. The van der Waals surface area contributed by atoms with Crippen molar-refractivity contribution in [1.82, 2.24) is 24.6 Å². The quantitative estimate of drug-likeness (QED) is 0.737. The molecule has 0 saturated carbocycles. The van der Waals surface area contributed by atoms with Crippen LogP contribution in [0.3, 0.4) is 0 Å². The van der Waals surface area contributed by atoms with E-state index >= 15 is 0 Å². The average molecular weight is 367 g/mol. The van der Waals surface area contributed by atoms with Gasteiger partial charge in [-0.2, -0.15) is 0 Å². The Hall–Kier alpha value is -3.29. The number of hydrogen-bond donors (Lipinski definition) is 1. The van der Waals surface area contributed by atoms with Gasteiger partial charge in [0.2, 0.25) is 11.7 Å². The van der Waals surface area contributed by atoms with E-state index in [2.05, 4.69) is 15.3 Å². The van der Waals surface area contributed by atoms with Gasteiger partial charge >= 0.3 is 0 Å². The number of aromatic nitrogens is 3. The molecule has 1 aromatic carbocycles. The van der Waals surface area contributed by atoms with E-state index in [0.29, 0.717) is 37.5 Å². The van der Waals surface area contributed by atoms with Gasteiger partial charge in [0.1, 0.15) is 11.5 Å². The van der Waals surface area contributed by atoms with Gasteiger partial charge in [0, 0.05) is 38.2 Å². The molecule has 7 nitrogen and oxygen atoms in total. The zero-order chi connectivity index (χ0) is 18.8. The molecule has 138 valence electrons. The number of nitrogens with one attached hydrogen (secondary N) is 1. The summed E-state index contributed by atoms with van der Waals surface area (Å²) < 4.78 is 14.6. The van der Waals surface area contributed by atoms with Crippen molar-refractivity contribution >= 4 is 17.6 Å². The minimum atomic E-state index is -0.275. The van der Waals surface area contributed by atoms with Crippen LogP contribution in [0.15, 0.2) is 48.9 Å². The fraction of sp³-hybridized carbons (Fsp3) is 0.263. The van der Waals surface area contributed by atoms with Crippen molar-refractivity contribution in [3.05, 3.63) is 66.0 Å². The van der Waals surface area contributed by atoms with Crippen LogP contribution in [0, 0.1) is 11.7 Å². The second-order valence-corrected chi connectivity index (χ2v) is 6.53. The first kappa shape index (κ1) is 17.1. The lowest BCUT2D eigenvalue weighted by atomic mass is 9.98. The van der Waals surface area contributed by atoms with Crippen LogP contribution in [-0.4, -0.2) is 50.7 Å². The van der Waals surface area contributed by atoms with E-state index in [1.165, 1.54) is 12.1 Å². The van der Waals surface area contributed by atoms with Crippen molar-refractivity contribution in [3.8, 4) is 0 Å². The molecule has 1 aliphatic heterocycles. The van der Waals surface area contributed by atoms with Crippen LogP contribution >= 0.6 is 0 Å². The molecule has 2 aromatic heterocycles. The Labute approximate surface area is 154 Å². The van der Waals surface area contributed by atoms with Crippen LogP contribution in [0.4, 0.5) is 4.39 Å². The first-order valence-corrected chi connectivity index (χ1v) is 8.71. The van der Waals surface area contributed by atoms with Gasteiger partial charge in [0.25, 0.3) is 5.91 Å². The Morgan fingerprint density at radius 1 is 1.22 bits per heavy atom. The summed E-state index contributed by atoms with van der Waals surface area (Å²) in [6, 6.07) is 7.98. The molecule has 0 bridgehead atoms. The fourth-order valence-corrected chi connectivity index (χ4v) is 3.03. The van der Waals surface area contributed by atoms with E-state index < -0.39 is 0 Å². The highest BCUT2D eigenvalue weighted by Gasteiger charge is 2.36. The van der Waals surface area contributed by atoms with Gasteiger partial charge in [-0.25, -0.2) is 14.4 Å². The molecule has 1 aliphatic rings. The number of imidazole rings is 1. The molecule has 1 saturated heterocycles. The molecule has 0 unspecified atom stereocenters. The molecule has 0 spiro atoms. The van der Waals surface area contributed by atoms with Crippen LogP contribution in [0.25, 0.3) is 5.78 Å². The van der Waals surface area contributed by atoms with Gasteiger partial charge in [-0.05, 0) is 30.2 Å². The molecular weight excluding hydrogens is 349 g/mol. The Bertz CT molecular complexity index is 946. The number of fused-ring (bicyclic) bond motifs is 1. The number of hydrogen-bond acceptors (Lipinski definition) is 4. The lowest BCUT2D eigenvalue weighted by Crippen LogP contribution is -2.56. The molecule has 2 amide bonds. The topological polar surface area (TPSA) is 79.6 Å². The molecule has 1 N–H and O–H groups in total. The van der Waals surface area contributed by atoms with E-state index in [1.54, 1.807) is 46.1 Å². The minimum absolute atomic E-state index is 0.0715. The molecule has 1 fully saturated rings. The maximum Gasteiger partial charge on any atom is 0.274 e. The number of halogens is 1. The number of carbonyl (C=O) groups excluding carboxylic acids is 2. The highest BCUT2D eigenvalue weighted by atomic mass is 19.1. The molecule has 3 aromatic rings. The standard InChI is InChI=1S/C19H18FN5O2/c20-15-4-2-13(3-5-15)6-8-21-17(26)14-10-25(11-14)18(27)16-12-24-9-1-7-22-19(24)23-16/h1-5,7,9,12,14H,6,8,10-11H2,(H,21,26). The van der Waals surface area contributed by atoms with Crippen molar-refractivity contribution in [1.29, 1.82) is 0 Å². The Kier molecular flexibility index (Phi) is 4.53. The van der Waals surface area contributed by atoms with Crippen molar-refractivity contribution < 1.29 is 14.0 Å². The van der Waals surface area contributed by atoms with Crippen LogP contribution in [0.1, 0.15) is 16.1 Å². The summed E-state index contributed by atoms with van der Waals surface area (Å²) in [7, 11) is 0. The number of rotatable bonds is 5. The Morgan fingerprint density at radius 3 is 2.74 bits per heavy atom. The van der Waals surface area contributed by atoms with E-state index in [9.17, 15) is 14.0 Å². The largest absolute Gasteiger partial charge is 0.355 e. The monoisotopic (exact) mass is 367 g/mol. The summed E-state index contributed by atoms with van der Waals surface area (Å²) in [5, 5.41) is 2.87. The molecule has 8 heteroatoms. The number of likely N-dealkylation sites (tertiary alicyclic amines) is 1. The normalized spacial score (nSPS) is 14.2. The number of nitrogens with zero attached hydrogens (tertiary/aromatic N) is 4. The summed E-state index contributed by atoms with van der Waals surface area (Å²) in [5.74, 6) is -0.286. The second kappa shape index (κ2) is 7.14. The Balaban J connectivity index is 1.25. The minimum Gasteiger partial charge on any atom is -0.355 e. The van der Waals surface area contributed by atoms with Gasteiger partial charge in [0.05, 0.1) is 5.92 Å². The van der Waals surface area contributed by atoms with Crippen LogP contribution in [-0.2, 0) is 11.2 Å². The molecular formula is C19H18FN5O2. The van der Waals surface area contributed by atoms with Crippen LogP contribution < -0.4 is 5.32 Å². The lowest BCUT2D eigenvalue weighted by Gasteiger charge is -2.37. The molecule has 3 heterocycles. The summed E-state index contributed by atoms with van der Waals surface area (Å²) in [6.07, 6.45) is 5.67. The molecule has 0 atom stereocenters. The molecule has 27 heavy (non-hydrogen) atoms. The van der Waals surface area contributed by atoms with E-state index in [0.717, 1.165) is 5.56 Å². The third-order valence-corrected chi connectivity index (χ3v) is 4.62. The summed E-state index contributed by atoms with van der Waals surface area (Å²) in [4.78, 5) is 34.5. The van der Waals surface area contributed by atoms with Crippen molar-refractivity contribution in [3.63, 3.8) is 0 Å². The maximum absolute atomic E-state index is 12.9. The lowest BCUT2D eigenvalue weighted by molar-refractivity contribution is -0.128. The smallest absolute Gasteiger partial charge is 0.274 e. The van der Waals surface area contributed by atoms with E-state index in [4.69, 9.17) is 0 Å². The molecule has 4 rings (SSSR count). The number of benzene rings is 1. The first-order valence-electron chi connectivity index (χ1n) is 8.71. The van der Waals surface area contributed by atoms with Crippen molar-refractivity contribution in [2.24, 2.45) is 5.92 Å². The Morgan fingerprint density at radius 2 is 2.00 bits per heavy atom. The summed E-state index contributed by atoms with van der Waals surface area (Å²) in [6.45, 7) is 1.23. The van der Waals surface area contributed by atoms with Crippen LogP contribution in [0.5, 0.6) is 0 Å². The zero-order valence-electron chi connectivity index (χ0n) is 14.5. The van der Waals surface area contributed by atoms with Gasteiger partial charge in [0.15, 0.2) is 0 Å². The number of amides is 2. The fourth-order valence-electron chi connectivity index (χ4n) is 3.03. The maximum atomic E-state index is 12.9. The number of carbonyl (C=O) groups is 2. The first-order chi connectivity index (χ1) is 13.1. The SMILES string of the molecule is O=C(NCCc1ccc(F)cc1)C1CN(C(=O)c2cn3cccnc3n2)C1. The second-order valence-electron chi connectivity index (χ2n) is 6.53. The molecule has 0 aliphatic carbocycles. The van der Waals surface area contributed by atoms with Crippen molar-refractivity contribution in [2.45, 2.75) is 6.42 Å². The van der Waals surface area contributed by atoms with Gasteiger partial charge in [-0.15, -0.1) is 0 Å². The van der Waals surface area contributed by atoms with Gasteiger partial charge in [-0.1, -0.05) is 12.1 Å². The van der Waals surface area contributed by atoms with E-state index in [-0.39, 0.29) is 23.5 Å². The van der Waals surface area contributed by atoms with E-state index in [1.807, 2.05) is 0 Å². The predicted octanol–water partition coefficient (Wildman–Crippen LogP) is 1.30. The summed E-state index contributed by atoms with van der Waals surface area (Å²) in [5.41, 5.74) is 1.28. The highest BCUT2D eigenvalue weighted by molar-refractivity contribution is 5.94. The van der Waals surface area contributed by atoms with Gasteiger partial charge < -0.3 is 10.2 Å².